The van der Waals surface area contributed by atoms with Crippen LogP contribution in [0.2, 0.25) is 0 Å². The van der Waals surface area contributed by atoms with Gasteiger partial charge in [-0.2, -0.15) is 0 Å². The summed E-state index contributed by atoms with van der Waals surface area (Å²) < 4.78 is 32.4. The highest BCUT2D eigenvalue weighted by Gasteiger charge is 2.72. The van der Waals surface area contributed by atoms with E-state index in [0.29, 0.717) is 6.42 Å². The van der Waals surface area contributed by atoms with Crippen LogP contribution in [-0.2, 0) is 14.3 Å². The molecule has 34 heavy (non-hydrogen) atoms. The summed E-state index contributed by atoms with van der Waals surface area (Å²) in [5.74, 6) is -8.71. The third kappa shape index (κ3) is 4.60. The molecule has 0 radical (unpaired) electrons. The Bertz CT molecular complexity index is 1060. The fourth-order valence-electron chi connectivity index (χ4n) is 4.60. The van der Waals surface area contributed by atoms with Crippen molar-refractivity contribution in [1.29, 1.82) is 0 Å². The molecule has 0 heterocycles. The van der Waals surface area contributed by atoms with E-state index in [1.165, 1.54) is 0 Å². The van der Waals surface area contributed by atoms with Gasteiger partial charge < -0.3 is 20.5 Å². The normalized spacial score (nSPS) is 20.6. The molecular formula is C25H26F2N2O5. The van der Waals surface area contributed by atoms with Crippen LogP contribution in [0.5, 0.6) is 0 Å². The van der Waals surface area contributed by atoms with Gasteiger partial charge >= 0.3 is 12.1 Å². The van der Waals surface area contributed by atoms with Crippen LogP contribution in [0.1, 0.15) is 36.8 Å². The van der Waals surface area contributed by atoms with Gasteiger partial charge in [-0.05, 0) is 28.7 Å². The summed E-state index contributed by atoms with van der Waals surface area (Å²) in [6.07, 6.45) is -0.368. The first-order valence-corrected chi connectivity index (χ1v) is 11.2. The highest BCUT2D eigenvalue weighted by atomic mass is 19.3. The van der Waals surface area contributed by atoms with Crippen LogP contribution in [0.25, 0.3) is 11.1 Å². The summed E-state index contributed by atoms with van der Waals surface area (Å²) in [7, 11) is 0. The fourth-order valence-corrected chi connectivity index (χ4v) is 4.60. The van der Waals surface area contributed by atoms with Gasteiger partial charge in [-0.25, -0.2) is 13.6 Å². The van der Waals surface area contributed by atoms with E-state index in [1.807, 2.05) is 48.5 Å². The molecule has 0 aliphatic heterocycles. The number of amides is 2. The number of carboxylic acids is 1. The Labute approximate surface area is 195 Å². The van der Waals surface area contributed by atoms with Crippen LogP contribution in [-0.4, -0.2) is 48.2 Å². The molecule has 4 rings (SSSR count). The van der Waals surface area contributed by atoms with E-state index in [0.717, 1.165) is 22.3 Å². The molecule has 7 nitrogen and oxygen atoms in total. The zero-order chi connectivity index (χ0) is 24.5. The highest BCUT2D eigenvalue weighted by Crippen LogP contribution is 2.54. The van der Waals surface area contributed by atoms with Crippen molar-refractivity contribution in [3.63, 3.8) is 0 Å². The van der Waals surface area contributed by atoms with Crippen LogP contribution in [0.4, 0.5) is 13.6 Å². The van der Waals surface area contributed by atoms with Crippen molar-refractivity contribution in [2.45, 2.75) is 37.6 Å². The molecule has 0 bridgehead atoms. The van der Waals surface area contributed by atoms with Crippen LogP contribution >= 0.6 is 0 Å². The Hall–Kier alpha value is -3.49. The van der Waals surface area contributed by atoms with Gasteiger partial charge in [-0.3, -0.25) is 9.59 Å². The largest absolute Gasteiger partial charge is 0.481 e. The van der Waals surface area contributed by atoms with Gasteiger partial charge in [0.05, 0.1) is 5.92 Å². The molecule has 0 spiro atoms. The van der Waals surface area contributed by atoms with Gasteiger partial charge in [0.25, 0.3) is 5.92 Å². The molecule has 0 saturated heterocycles. The first kappa shape index (κ1) is 23.7. The molecule has 3 N–H and O–H groups in total. The molecule has 1 saturated carbocycles. The molecule has 1 fully saturated rings. The molecular weight excluding hydrogens is 446 g/mol. The molecule has 2 aliphatic carbocycles. The van der Waals surface area contributed by atoms with E-state index in [-0.39, 0.29) is 18.9 Å². The molecule has 2 aromatic rings. The second kappa shape index (κ2) is 9.40. The Kier molecular flexibility index (Phi) is 6.54. The summed E-state index contributed by atoms with van der Waals surface area (Å²) >= 11 is 0. The van der Waals surface area contributed by atoms with Crippen molar-refractivity contribution < 1.29 is 33.0 Å². The van der Waals surface area contributed by atoms with Gasteiger partial charge in [0, 0.05) is 24.9 Å². The maximum Gasteiger partial charge on any atom is 0.407 e. The van der Waals surface area contributed by atoms with Gasteiger partial charge in [0.15, 0.2) is 0 Å². The Morgan fingerprint density at radius 2 is 1.65 bits per heavy atom. The number of carbonyl (C=O) groups excluding carboxylic acids is 2. The van der Waals surface area contributed by atoms with E-state index >= 15 is 0 Å². The number of ether oxygens (including phenoxy) is 1. The maximum absolute atomic E-state index is 13.5. The lowest BCUT2D eigenvalue weighted by molar-refractivity contribution is -0.141. The fraction of sp³-hybridized carbons (Fsp3) is 0.400. The number of fused-ring (bicyclic) bond motifs is 3. The van der Waals surface area contributed by atoms with E-state index in [4.69, 9.17) is 9.84 Å². The Morgan fingerprint density at radius 1 is 1.06 bits per heavy atom. The predicted molar refractivity (Wildman–Crippen MR) is 119 cm³/mol. The molecule has 9 heteroatoms. The average Bonchev–Trinajstić information content (AvgIpc) is 3.23. The second-order valence-corrected chi connectivity index (χ2v) is 8.68. The molecule has 3 unspecified atom stereocenters. The highest BCUT2D eigenvalue weighted by molar-refractivity contribution is 5.80. The van der Waals surface area contributed by atoms with Crippen molar-refractivity contribution in [1.82, 2.24) is 10.6 Å². The number of aliphatic carboxylic acids is 1. The number of rotatable bonds is 9. The van der Waals surface area contributed by atoms with Gasteiger partial charge in [-0.15, -0.1) is 0 Å². The van der Waals surface area contributed by atoms with Gasteiger partial charge in [0.2, 0.25) is 5.91 Å². The van der Waals surface area contributed by atoms with E-state index in [1.54, 1.807) is 6.92 Å². The third-order valence-corrected chi connectivity index (χ3v) is 6.58. The number of alkyl carbamates (subject to hydrolysis) is 1. The molecule has 3 atom stereocenters. The smallest absolute Gasteiger partial charge is 0.407 e. The number of carbonyl (C=O) groups is 3. The number of carboxylic acid groups (broad SMARTS) is 1. The van der Waals surface area contributed by atoms with Gasteiger partial charge in [-0.1, -0.05) is 55.5 Å². The van der Waals surface area contributed by atoms with Crippen molar-refractivity contribution in [2.75, 3.05) is 13.2 Å². The Balaban J connectivity index is 1.27. The number of hydrogen-bond acceptors (Lipinski definition) is 4. The molecule has 2 amide bonds. The van der Waals surface area contributed by atoms with Crippen molar-refractivity contribution in [2.24, 2.45) is 11.8 Å². The monoisotopic (exact) mass is 472 g/mol. The summed E-state index contributed by atoms with van der Waals surface area (Å²) in [5, 5.41) is 13.8. The van der Waals surface area contributed by atoms with Crippen LogP contribution in [0.3, 0.4) is 0 Å². The molecule has 2 aliphatic rings. The molecule has 0 aromatic heterocycles. The number of halogens is 2. The minimum Gasteiger partial charge on any atom is -0.481 e. The summed E-state index contributed by atoms with van der Waals surface area (Å²) in [4.78, 5) is 35.4. The topological polar surface area (TPSA) is 105 Å². The minimum atomic E-state index is -3.32. The first-order chi connectivity index (χ1) is 16.2. The van der Waals surface area contributed by atoms with Crippen molar-refractivity contribution >= 4 is 18.0 Å². The van der Waals surface area contributed by atoms with Crippen LogP contribution < -0.4 is 10.6 Å². The van der Waals surface area contributed by atoms with Crippen molar-refractivity contribution in [3.8, 4) is 11.1 Å². The van der Waals surface area contributed by atoms with E-state index in [2.05, 4.69) is 10.6 Å². The maximum atomic E-state index is 13.5. The first-order valence-electron chi connectivity index (χ1n) is 11.2. The Morgan fingerprint density at radius 3 is 2.18 bits per heavy atom. The zero-order valence-corrected chi connectivity index (χ0v) is 18.6. The molecule has 180 valence electrons. The van der Waals surface area contributed by atoms with Gasteiger partial charge in [0.1, 0.15) is 12.5 Å². The summed E-state index contributed by atoms with van der Waals surface area (Å²) in [6.45, 7) is 1.48. The standard InChI is InChI=1S/C25H26F2N2O5/c1-2-14(11-21(30)28-12-20-22(23(31)32)25(20,26)27)29-24(33)34-13-19-17-9-5-3-7-15(17)16-8-4-6-10-18(16)19/h3-10,14,19-20,22H,2,11-13H2,1H3,(H,28,30)(H,29,33)(H,31,32). The second-order valence-electron chi connectivity index (χ2n) is 8.68. The summed E-state index contributed by atoms with van der Waals surface area (Å²) in [5.41, 5.74) is 4.39. The lowest BCUT2D eigenvalue weighted by Crippen LogP contribution is -2.40. The van der Waals surface area contributed by atoms with Crippen molar-refractivity contribution in [3.05, 3.63) is 59.7 Å². The van der Waals surface area contributed by atoms with Crippen LogP contribution in [0.15, 0.2) is 48.5 Å². The lowest BCUT2D eigenvalue weighted by Gasteiger charge is -2.19. The average molecular weight is 472 g/mol. The minimum absolute atomic E-state index is 0.0936. The summed E-state index contributed by atoms with van der Waals surface area (Å²) in [6, 6.07) is 15.4. The van der Waals surface area contributed by atoms with Crippen LogP contribution in [0, 0.1) is 11.8 Å². The number of benzene rings is 2. The SMILES string of the molecule is CCC(CC(=O)NCC1C(C(=O)O)C1(F)F)NC(=O)OCC1c2ccccc2-c2ccccc21. The number of hydrogen-bond donors (Lipinski definition) is 3. The third-order valence-electron chi connectivity index (χ3n) is 6.58. The quantitative estimate of drug-likeness (QED) is 0.515. The van der Waals surface area contributed by atoms with E-state index in [9.17, 15) is 23.2 Å². The lowest BCUT2D eigenvalue weighted by atomic mass is 9.98. The number of alkyl halides is 2. The number of nitrogens with one attached hydrogen (secondary N) is 2. The van der Waals surface area contributed by atoms with E-state index < -0.39 is 48.3 Å². The molecule has 2 aromatic carbocycles. The zero-order valence-electron chi connectivity index (χ0n) is 18.6. The predicted octanol–water partition coefficient (Wildman–Crippen LogP) is 3.78.